The van der Waals surface area contributed by atoms with Crippen molar-refractivity contribution in [2.24, 2.45) is 0 Å². The van der Waals surface area contributed by atoms with Gasteiger partial charge >= 0.3 is 0 Å². The Hall–Kier alpha value is -3.23. The first-order chi connectivity index (χ1) is 13.4. The van der Waals surface area contributed by atoms with E-state index in [-0.39, 0.29) is 0 Å². The van der Waals surface area contributed by atoms with Crippen LogP contribution in [0.4, 0.5) is 0 Å². The molecule has 0 amide bonds. The molecule has 0 unspecified atom stereocenters. The maximum absolute atomic E-state index is 11.7. The number of hydrogen-bond acceptors (Lipinski definition) is 2. The number of benzene rings is 3. The predicted octanol–water partition coefficient (Wildman–Crippen LogP) is 6.57. The Bertz CT molecular complexity index is 1020. The Balaban J connectivity index is 2.12. The maximum Gasteiger partial charge on any atom is 0.160 e. The summed E-state index contributed by atoms with van der Waals surface area (Å²) < 4.78 is 0. The normalized spacial score (nSPS) is 10.4. The fourth-order valence-electron chi connectivity index (χ4n) is 3.32. The maximum atomic E-state index is 11.7. The molecular formula is C25H18OS. The molecule has 0 aliphatic carbocycles. The van der Waals surface area contributed by atoms with Gasteiger partial charge in [0.15, 0.2) is 6.29 Å². The third kappa shape index (κ3) is 3.53. The first-order valence-electron chi connectivity index (χ1n) is 8.82. The van der Waals surface area contributed by atoms with Crippen molar-refractivity contribution in [2.45, 2.75) is 0 Å². The molecule has 0 fully saturated rings. The van der Waals surface area contributed by atoms with Crippen LogP contribution in [0.15, 0.2) is 102 Å². The van der Waals surface area contributed by atoms with Crippen LogP contribution in [0, 0.1) is 0 Å². The van der Waals surface area contributed by atoms with Crippen LogP contribution in [0.5, 0.6) is 0 Å². The quantitative estimate of drug-likeness (QED) is 0.288. The van der Waals surface area contributed by atoms with Gasteiger partial charge in [-0.05, 0) is 39.3 Å². The van der Waals surface area contributed by atoms with Gasteiger partial charge in [0.2, 0.25) is 0 Å². The SMILES string of the molecule is O=Cc1sccc1C(=C(c1ccccc1)c1ccccc1)c1ccccc1. The van der Waals surface area contributed by atoms with Crippen molar-refractivity contribution in [3.63, 3.8) is 0 Å². The second-order valence-corrected chi connectivity index (χ2v) is 7.11. The lowest BCUT2D eigenvalue weighted by Gasteiger charge is -2.17. The lowest BCUT2D eigenvalue weighted by Crippen LogP contribution is -1.98. The topological polar surface area (TPSA) is 17.1 Å². The summed E-state index contributed by atoms with van der Waals surface area (Å²) in [6.07, 6.45) is 0.955. The molecular weight excluding hydrogens is 348 g/mol. The fraction of sp³-hybridized carbons (Fsp3) is 0. The monoisotopic (exact) mass is 366 g/mol. The van der Waals surface area contributed by atoms with Crippen LogP contribution >= 0.6 is 11.3 Å². The molecule has 0 N–H and O–H groups in total. The standard InChI is InChI=1S/C25H18OS/c26-18-23-22(16-17-27-23)25(21-14-8-3-9-15-21)24(19-10-4-1-5-11-19)20-12-6-2-7-13-20/h1-18H. The number of carbonyl (C=O) groups excluding carboxylic acids is 1. The lowest BCUT2D eigenvalue weighted by molar-refractivity contribution is 0.112. The molecule has 4 rings (SSSR count). The molecule has 0 aliphatic rings. The van der Waals surface area contributed by atoms with E-state index in [2.05, 4.69) is 60.7 Å². The number of hydrogen-bond donors (Lipinski definition) is 0. The van der Waals surface area contributed by atoms with Gasteiger partial charge < -0.3 is 0 Å². The Kier molecular flexibility index (Phi) is 5.08. The summed E-state index contributed by atoms with van der Waals surface area (Å²) in [7, 11) is 0. The zero-order chi connectivity index (χ0) is 18.5. The van der Waals surface area contributed by atoms with Gasteiger partial charge in [0.25, 0.3) is 0 Å². The molecule has 0 saturated heterocycles. The third-order valence-corrected chi connectivity index (χ3v) is 5.35. The zero-order valence-electron chi connectivity index (χ0n) is 14.7. The molecule has 1 aromatic heterocycles. The third-order valence-electron chi connectivity index (χ3n) is 4.51. The Labute approximate surface area is 163 Å². The van der Waals surface area contributed by atoms with E-state index in [0.29, 0.717) is 0 Å². The van der Waals surface area contributed by atoms with Crippen molar-refractivity contribution in [3.8, 4) is 0 Å². The molecule has 2 heteroatoms. The molecule has 130 valence electrons. The van der Waals surface area contributed by atoms with Crippen LogP contribution in [-0.2, 0) is 0 Å². The van der Waals surface area contributed by atoms with E-state index in [1.165, 1.54) is 11.3 Å². The van der Waals surface area contributed by atoms with Crippen molar-refractivity contribution in [3.05, 3.63) is 130 Å². The smallest absolute Gasteiger partial charge is 0.160 e. The van der Waals surface area contributed by atoms with Gasteiger partial charge in [-0.15, -0.1) is 11.3 Å². The van der Waals surface area contributed by atoms with Gasteiger partial charge in [0.05, 0.1) is 4.88 Å². The first kappa shape index (κ1) is 17.2. The fourth-order valence-corrected chi connectivity index (χ4v) is 4.03. The zero-order valence-corrected chi connectivity index (χ0v) is 15.5. The average molecular weight is 366 g/mol. The van der Waals surface area contributed by atoms with Crippen LogP contribution in [0.2, 0.25) is 0 Å². The van der Waals surface area contributed by atoms with Crippen LogP contribution in [0.3, 0.4) is 0 Å². The summed E-state index contributed by atoms with van der Waals surface area (Å²) in [4.78, 5) is 12.5. The summed E-state index contributed by atoms with van der Waals surface area (Å²) in [5, 5.41) is 1.98. The molecule has 0 aliphatic heterocycles. The summed E-state index contributed by atoms with van der Waals surface area (Å²) in [6, 6.07) is 33.1. The number of carbonyl (C=O) groups is 1. The summed E-state index contributed by atoms with van der Waals surface area (Å²) in [5.41, 5.74) is 6.54. The van der Waals surface area contributed by atoms with Crippen molar-refractivity contribution in [1.29, 1.82) is 0 Å². The van der Waals surface area contributed by atoms with E-state index in [0.717, 1.165) is 44.6 Å². The average Bonchev–Trinajstić information content (AvgIpc) is 3.22. The summed E-state index contributed by atoms with van der Waals surface area (Å²) in [5.74, 6) is 0. The minimum absolute atomic E-state index is 0.748. The molecule has 0 radical (unpaired) electrons. The largest absolute Gasteiger partial charge is 0.297 e. The minimum atomic E-state index is 0.748. The number of aldehydes is 1. The number of rotatable bonds is 5. The van der Waals surface area contributed by atoms with E-state index in [9.17, 15) is 4.79 Å². The molecule has 0 spiro atoms. The van der Waals surface area contributed by atoms with Crippen LogP contribution in [0.25, 0.3) is 11.1 Å². The molecule has 1 nitrogen and oxygen atoms in total. The highest BCUT2D eigenvalue weighted by Gasteiger charge is 2.18. The molecule has 1 heterocycles. The van der Waals surface area contributed by atoms with Gasteiger partial charge in [-0.2, -0.15) is 0 Å². The van der Waals surface area contributed by atoms with E-state index >= 15 is 0 Å². The number of thiophene rings is 1. The van der Waals surface area contributed by atoms with Gasteiger partial charge in [-0.3, -0.25) is 4.79 Å². The Morgan fingerprint density at radius 1 is 0.593 bits per heavy atom. The van der Waals surface area contributed by atoms with Gasteiger partial charge in [0.1, 0.15) is 0 Å². The van der Waals surface area contributed by atoms with Crippen molar-refractivity contribution >= 4 is 28.8 Å². The van der Waals surface area contributed by atoms with Crippen LogP contribution in [0.1, 0.15) is 31.9 Å². The van der Waals surface area contributed by atoms with Gasteiger partial charge in [-0.1, -0.05) is 91.0 Å². The van der Waals surface area contributed by atoms with E-state index in [1.54, 1.807) is 0 Å². The molecule has 0 atom stereocenters. The molecule has 0 bridgehead atoms. The van der Waals surface area contributed by atoms with Crippen molar-refractivity contribution in [2.75, 3.05) is 0 Å². The summed E-state index contributed by atoms with van der Waals surface area (Å²) in [6.45, 7) is 0. The molecule has 4 aromatic rings. The second-order valence-electron chi connectivity index (χ2n) is 6.16. The van der Waals surface area contributed by atoms with E-state index in [4.69, 9.17) is 0 Å². The highest BCUT2D eigenvalue weighted by Crippen LogP contribution is 2.38. The van der Waals surface area contributed by atoms with Crippen molar-refractivity contribution < 1.29 is 4.79 Å². The summed E-state index contributed by atoms with van der Waals surface area (Å²) >= 11 is 1.48. The second kappa shape index (κ2) is 7.98. The Morgan fingerprint density at radius 2 is 1.04 bits per heavy atom. The molecule has 27 heavy (non-hydrogen) atoms. The van der Waals surface area contributed by atoms with Gasteiger partial charge in [-0.25, -0.2) is 0 Å². The minimum Gasteiger partial charge on any atom is -0.297 e. The Morgan fingerprint density at radius 3 is 1.48 bits per heavy atom. The lowest BCUT2D eigenvalue weighted by atomic mass is 9.86. The highest BCUT2D eigenvalue weighted by atomic mass is 32.1. The molecule has 0 saturated carbocycles. The van der Waals surface area contributed by atoms with E-state index in [1.807, 2.05) is 41.8 Å². The van der Waals surface area contributed by atoms with Crippen LogP contribution in [-0.4, -0.2) is 6.29 Å². The van der Waals surface area contributed by atoms with Crippen LogP contribution < -0.4 is 0 Å². The first-order valence-corrected chi connectivity index (χ1v) is 9.70. The predicted molar refractivity (Wildman–Crippen MR) is 114 cm³/mol. The highest BCUT2D eigenvalue weighted by molar-refractivity contribution is 7.12. The van der Waals surface area contributed by atoms with Gasteiger partial charge in [0, 0.05) is 5.56 Å². The van der Waals surface area contributed by atoms with E-state index < -0.39 is 0 Å². The molecule has 3 aromatic carbocycles. The van der Waals surface area contributed by atoms with Crippen molar-refractivity contribution in [1.82, 2.24) is 0 Å².